The van der Waals surface area contributed by atoms with Gasteiger partial charge in [0, 0.05) is 6.04 Å². The van der Waals surface area contributed by atoms with Crippen molar-refractivity contribution in [2.75, 3.05) is 0 Å². The van der Waals surface area contributed by atoms with Crippen molar-refractivity contribution < 1.29 is 18.7 Å². The van der Waals surface area contributed by atoms with Crippen LogP contribution in [0.4, 0.5) is 4.39 Å². The van der Waals surface area contributed by atoms with Crippen LogP contribution in [0.25, 0.3) is 0 Å². The van der Waals surface area contributed by atoms with E-state index in [1.54, 1.807) is 6.92 Å². The molecule has 1 aliphatic rings. The monoisotopic (exact) mass is 321 g/mol. The largest absolute Gasteiger partial charge is 0.449 e. The van der Waals surface area contributed by atoms with Gasteiger partial charge in [0.05, 0.1) is 5.56 Å². The fourth-order valence-corrected chi connectivity index (χ4v) is 2.74. The predicted molar refractivity (Wildman–Crippen MR) is 85.6 cm³/mol. The number of rotatable bonds is 4. The molecule has 1 fully saturated rings. The van der Waals surface area contributed by atoms with Gasteiger partial charge in [-0.15, -0.1) is 0 Å². The van der Waals surface area contributed by atoms with Gasteiger partial charge in [0.1, 0.15) is 5.82 Å². The average Bonchev–Trinajstić information content (AvgIpc) is 2.78. The summed E-state index contributed by atoms with van der Waals surface area (Å²) in [5.41, 5.74) is 0.572. The van der Waals surface area contributed by atoms with Crippen LogP contribution in [-0.4, -0.2) is 24.0 Å². The van der Waals surface area contributed by atoms with Gasteiger partial charge in [0.15, 0.2) is 6.10 Å². The normalized spacial score (nSPS) is 17.2. The highest BCUT2D eigenvalue weighted by Crippen LogP contribution is 2.17. The number of hydrogen-bond donors (Lipinski definition) is 1. The van der Waals surface area contributed by atoms with E-state index in [2.05, 4.69) is 5.32 Å². The Hall–Kier alpha value is -1.91. The Bertz CT molecular complexity index is 565. The van der Waals surface area contributed by atoms with Crippen LogP contribution in [0.1, 0.15) is 61.4 Å². The maximum Gasteiger partial charge on any atom is 0.339 e. The highest BCUT2D eigenvalue weighted by atomic mass is 19.1. The summed E-state index contributed by atoms with van der Waals surface area (Å²) >= 11 is 0. The van der Waals surface area contributed by atoms with E-state index < -0.39 is 17.9 Å². The lowest BCUT2D eigenvalue weighted by molar-refractivity contribution is -0.129. The first-order valence-corrected chi connectivity index (χ1v) is 8.25. The molecule has 0 spiro atoms. The van der Waals surface area contributed by atoms with Gasteiger partial charge < -0.3 is 10.1 Å². The average molecular weight is 321 g/mol. The molecular weight excluding hydrogens is 297 g/mol. The molecule has 1 amide bonds. The van der Waals surface area contributed by atoms with Gasteiger partial charge in [0.25, 0.3) is 5.91 Å². The van der Waals surface area contributed by atoms with E-state index in [0.717, 1.165) is 31.7 Å². The van der Waals surface area contributed by atoms with Gasteiger partial charge in [-0.3, -0.25) is 4.79 Å². The minimum absolute atomic E-state index is 0.113. The van der Waals surface area contributed by atoms with E-state index in [1.165, 1.54) is 31.9 Å². The topological polar surface area (TPSA) is 55.4 Å². The second-order valence-corrected chi connectivity index (χ2v) is 6.21. The first-order chi connectivity index (χ1) is 11.0. The summed E-state index contributed by atoms with van der Waals surface area (Å²) in [7, 11) is 0. The molecule has 1 aromatic carbocycles. The summed E-state index contributed by atoms with van der Waals surface area (Å²) in [6, 6.07) is 4.30. The SMILES string of the molecule is Cc1ccc(C(=O)O[C@H](C)C(=O)NC2CCCCCC2)cc1F. The summed E-state index contributed by atoms with van der Waals surface area (Å²) in [5, 5.41) is 2.95. The lowest BCUT2D eigenvalue weighted by atomic mass is 10.1. The fourth-order valence-electron chi connectivity index (χ4n) is 2.74. The Morgan fingerprint density at radius 2 is 1.87 bits per heavy atom. The van der Waals surface area contributed by atoms with Crippen LogP contribution >= 0.6 is 0 Å². The molecule has 0 unspecified atom stereocenters. The zero-order chi connectivity index (χ0) is 16.8. The Balaban J connectivity index is 1.89. The number of carbonyl (C=O) groups excluding carboxylic acids is 2. The van der Waals surface area contributed by atoms with Crippen LogP contribution in [-0.2, 0) is 9.53 Å². The molecule has 0 saturated heterocycles. The molecule has 5 heteroatoms. The van der Waals surface area contributed by atoms with Gasteiger partial charge >= 0.3 is 5.97 Å². The van der Waals surface area contributed by atoms with Gasteiger partial charge in [-0.2, -0.15) is 0 Å². The number of benzene rings is 1. The summed E-state index contributed by atoms with van der Waals surface area (Å²) in [6.45, 7) is 3.15. The quantitative estimate of drug-likeness (QED) is 0.682. The molecule has 1 aromatic rings. The lowest BCUT2D eigenvalue weighted by Gasteiger charge is -2.19. The zero-order valence-electron chi connectivity index (χ0n) is 13.7. The van der Waals surface area contributed by atoms with Crippen molar-refractivity contribution in [3.63, 3.8) is 0 Å². The number of halogens is 1. The predicted octanol–water partition coefficient (Wildman–Crippen LogP) is 3.52. The van der Waals surface area contributed by atoms with Gasteiger partial charge in [-0.05, 0) is 44.4 Å². The number of carbonyl (C=O) groups is 2. The molecular formula is C18H24FNO3. The molecule has 1 atom stereocenters. The Labute approximate surface area is 136 Å². The van der Waals surface area contributed by atoms with E-state index in [4.69, 9.17) is 4.74 Å². The van der Waals surface area contributed by atoms with Crippen LogP contribution < -0.4 is 5.32 Å². The summed E-state index contributed by atoms with van der Waals surface area (Å²) < 4.78 is 18.6. The van der Waals surface area contributed by atoms with E-state index in [9.17, 15) is 14.0 Å². The fraction of sp³-hybridized carbons (Fsp3) is 0.556. The van der Waals surface area contributed by atoms with Crippen molar-refractivity contribution in [1.82, 2.24) is 5.32 Å². The molecule has 2 rings (SSSR count). The zero-order valence-corrected chi connectivity index (χ0v) is 13.7. The number of nitrogens with one attached hydrogen (secondary N) is 1. The molecule has 23 heavy (non-hydrogen) atoms. The Morgan fingerprint density at radius 1 is 1.22 bits per heavy atom. The molecule has 4 nitrogen and oxygen atoms in total. The maximum absolute atomic E-state index is 13.5. The summed E-state index contributed by atoms with van der Waals surface area (Å²) in [4.78, 5) is 24.2. The van der Waals surface area contributed by atoms with Crippen LogP contribution in [0.15, 0.2) is 18.2 Å². The van der Waals surface area contributed by atoms with Gasteiger partial charge in [0.2, 0.25) is 0 Å². The summed E-state index contributed by atoms with van der Waals surface area (Å²) in [5.74, 6) is -1.44. The van der Waals surface area contributed by atoms with E-state index in [1.807, 2.05) is 0 Å². The lowest BCUT2D eigenvalue weighted by Crippen LogP contribution is -2.41. The standard InChI is InChI=1S/C18H24FNO3/c1-12-9-10-14(11-16(12)19)18(22)23-13(2)17(21)20-15-7-5-3-4-6-8-15/h9-11,13,15H,3-8H2,1-2H3,(H,20,21)/t13-/m1/s1. The van der Waals surface area contributed by atoms with Crippen LogP contribution in [0.5, 0.6) is 0 Å². The van der Waals surface area contributed by atoms with Gasteiger partial charge in [-0.25, -0.2) is 9.18 Å². The van der Waals surface area contributed by atoms with Crippen molar-refractivity contribution in [3.8, 4) is 0 Å². The van der Waals surface area contributed by atoms with Crippen LogP contribution in [0, 0.1) is 12.7 Å². The maximum atomic E-state index is 13.5. The van der Waals surface area contributed by atoms with Crippen molar-refractivity contribution in [2.24, 2.45) is 0 Å². The van der Waals surface area contributed by atoms with Crippen molar-refractivity contribution >= 4 is 11.9 Å². The van der Waals surface area contributed by atoms with E-state index in [-0.39, 0.29) is 17.5 Å². The van der Waals surface area contributed by atoms with Crippen LogP contribution in [0.2, 0.25) is 0 Å². The minimum atomic E-state index is -0.893. The van der Waals surface area contributed by atoms with Crippen LogP contribution in [0.3, 0.4) is 0 Å². The summed E-state index contributed by atoms with van der Waals surface area (Å²) in [6.07, 6.45) is 5.68. The molecule has 0 radical (unpaired) electrons. The number of amides is 1. The Kier molecular flexibility index (Phi) is 6.13. The number of hydrogen-bond acceptors (Lipinski definition) is 3. The van der Waals surface area contributed by atoms with Crippen molar-refractivity contribution in [2.45, 2.75) is 64.5 Å². The van der Waals surface area contributed by atoms with Gasteiger partial charge in [-0.1, -0.05) is 31.7 Å². The molecule has 0 bridgehead atoms. The molecule has 1 N–H and O–H groups in total. The Morgan fingerprint density at radius 3 is 2.48 bits per heavy atom. The van der Waals surface area contributed by atoms with E-state index >= 15 is 0 Å². The molecule has 1 aliphatic carbocycles. The smallest absolute Gasteiger partial charge is 0.339 e. The molecule has 0 heterocycles. The van der Waals surface area contributed by atoms with Crippen molar-refractivity contribution in [3.05, 3.63) is 35.1 Å². The molecule has 0 aliphatic heterocycles. The first-order valence-electron chi connectivity index (χ1n) is 8.25. The first kappa shape index (κ1) is 17.4. The third-order valence-corrected chi connectivity index (χ3v) is 4.26. The van der Waals surface area contributed by atoms with Crippen molar-refractivity contribution in [1.29, 1.82) is 0 Å². The highest BCUT2D eigenvalue weighted by Gasteiger charge is 2.22. The number of ether oxygens (including phenoxy) is 1. The third kappa shape index (κ3) is 5.05. The number of esters is 1. The highest BCUT2D eigenvalue weighted by molar-refractivity contribution is 5.92. The minimum Gasteiger partial charge on any atom is -0.449 e. The number of aryl methyl sites for hydroxylation is 1. The molecule has 0 aromatic heterocycles. The second-order valence-electron chi connectivity index (χ2n) is 6.21. The van der Waals surface area contributed by atoms with E-state index in [0.29, 0.717) is 5.56 Å². The molecule has 126 valence electrons. The third-order valence-electron chi connectivity index (χ3n) is 4.26. The molecule has 1 saturated carbocycles. The second kappa shape index (κ2) is 8.09.